The molecule has 0 bridgehead atoms. The van der Waals surface area contributed by atoms with Crippen LogP contribution in [0.2, 0.25) is 0 Å². The van der Waals surface area contributed by atoms with Crippen molar-refractivity contribution in [2.45, 2.75) is 83.4 Å². The van der Waals surface area contributed by atoms with Crippen molar-refractivity contribution >= 4 is 11.6 Å². The molecule has 0 spiro atoms. The van der Waals surface area contributed by atoms with Crippen LogP contribution < -0.4 is 0 Å². The van der Waals surface area contributed by atoms with Gasteiger partial charge < -0.3 is 19.7 Å². The first-order valence-corrected chi connectivity index (χ1v) is 11.8. The molecular weight excluding hydrogens is 396 g/mol. The smallest absolute Gasteiger partial charge is 0.193 e. The molecule has 3 fully saturated rings. The summed E-state index contributed by atoms with van der Waals surface area (Å²) in [5, 5.41) is 21.4. The zero-order valence-electron chi connectivity index (χ0n) is 18.7. The van der Waals surface area contributed by atoms with Gasteiger partial charge in [0.1, 0.15) is 6.61 Å². The van der Waals surface area contributed by atoms with E-state index in [1.807, 2.05) is 6.08 Å². The van der Waals surface area contributed by atoms with E-state index in [-0.39, 0.29) is 34.7 Å². The van der Waals surface area contributed by atoms with E-state index in [0.29, 0.717) is 25.7 Å². The van der Waals surface area contributed by atoms with Crippen LogP contribution in [0, 0.1) is 28.6 Å². The summed E-state index contributed by atoms with van der Waals surface area (Å²) in [6, 6.07) is 0. The summed E-state index contributed by atoms with van der Waals surface area (Å²) in [6.45, 7) is 5.66. The third kappa shape index (κ3) is 2.65. The number of ether oxygens (including phenoxy) is 2. The lowest BCUT2D eigenvalue weighted by Crippen LogP contribution is -2.63. The van der Waals surface area contributed by atoms with Gasteiger partial charge in [0.2, 0.25) is 0 Å². The normalized spacial score (nSPS) is 50.4. The number of rotatable bonds is 4. The van der Waals surface area contributed by atoms with E-state index in [1.54, 1.807) is 6.08 Å². The molecule has 1 aliphatic heterocycles. The molecule has 4 aliphatic carbocycles. The molecule has 6 heteroatoms. The molecule has 0 aromatic carbocycles. The van der Waals surface area contributed by atoms with Crippen LogP contribution in [-0.2, 0) is 19.1 Å². The highest BCUT2D eigenvalue weighted by molar-refractivity contribution is 5.93. The third-order valence-corrected chi connectivity index (χ3v) is 9.33. The fourth-order valence-corrected chi connectivity index (χ4v) is 8.03. The van der Waals surface area contributed by atoms with Crippen LogP contribution in [0.15, 0.2) is 23.8 Å². The van der Waals surface area contributed by atoms with Crippen molar-refractivity contribution in [1.82, 2.24) is 0 Å². The minimum Gasteiger partial charge on any atom is -0.393 e. The standard InChI is InChI=1S/C25H34O6/c1-4-5-21-30-20-11-17-16-7-6-14-10-15(27)8-9-23(14,2)22(16)18(28)12-24(17,3)25(20,31-21)19(29)13-26/h6,8-9,16-18,20-22,26,28H,4-5,7,10-13H2,1-3H3/t16-,17-,18-,20+,21+,22+,23-,24-,25+/m0/s1. The average molecular weight is 431 g/mol. The maximum Gasteiger partial charge on any atom is 0.193 e. The summed E-state index contributed by atoms with van der Waals surface area (Å²) < 4.78 is 12.7. The van der Waals surface area contributed by atoms with Crippen molar-refractivity contribution in [2.24, 2.45) is 28.6 Å². The first-order valence-electron chi connectivity index (χ1n) is 11.8. The summed E-state index contributed by atoms with van der Waals surface area (Å²) in [5.74, 6) is 0.0642. The van der Waals surface area contributed by atoms with E-state index in [0.717, 1.165) is 18.4 Å². The summed E-state index contributed by atoms with van der Waals surface area (Å²) in [6.07, 6.45) is 8.28. The summed E-state index contributed by atoms with van der Waals surface area (Å²) in [7, 11) is 0. The van der Waals surface area contributed by atoms with Crippen molar-refractivity contribution in [3.05, 3.63) is 23.8 Å². The summed E-state index contributed by atoms with van der Waals surface area (Å²) in [5.41, 5.74) is -1.06. The lowest BCUT2D eigenvalue weighted by atomic mass is 9.47. The fraction of sp³-hybridized carbons (Fsp3) is 0.760. The second-order valence-corrected chi connectivity index (χ2v) is 10.7. The Labute approximate surface area is 183 Å². The van der Waals surface area contributed by atoms with Crippen LogP contribution in [0.3, 0.4) is 0 Å². The number of fused-ring (bicyclic) bond motifs is 7. The third-order valence-electron chi connectivity index (χ3n) is 9.33. The van der Waals surface area contributed by atoms with Gasteiger partial charge >= 0.3 is 0 Å². The maximum atomic E-state index is 13.2. The Morgan fingerprint density at radius 2 is 2.10 bits per heavy atom. The number of hydrogen-bond donors (Lipinski definition) is 2. The number of Topliss-reactive ketones (excluding diaryl/α,β-unsaturated/α-hetero) is 1. The number of carbonyl (C=O) groups excluding carboxylic acids is 2. The van der Waals surface area contributed by atoms with Crippen molar-refractivity contribution < 1.29 is 29.3 Å². The van der Waals surface area contributed by atoms with Gasteiger partial charge in [-0.1, -0.05) is 44.9 Å². The van der Waals surface area contributed by atoms with Gasteiger partial charge in [0, 0.05) is 23.2 Å². The van der Waals surface area contributed by atoms with Crippen molar-refractivity contribution in [3.63, 3.8) is 0 Å². The molecule has 170 valence electrons. The minimum atomic E-state index is -1.21. The van der Waals surface area contributed by atoms with Gasteiger partial charge in [-0.2, -0.15) is 0 Å². The van der Waals surface area contributed by atoms with Crippen molar-refractivity contribution in [2.75, 3.05) is 6.61 Å². The predicted octanol–water partition coefficient (Wildman–Crippen LogP) is 2.72. The number of carbonyl (C=O) groups is 2. The molecule has 6 nitrogen and oxygen atoms in total. The molecule has 5 rings (SSSR count). The highest BCUT2D eigenvalue weighted by Crippen LogP contribution is 2.69. The van der Waals surface area contributed by atoms with Crippen LogP contribution in [0.5, 0.6) is 0 Å². The van der Waals surface area contributed by atoms with Crippen LogP contribution in [0.1, 0.15) is 59.3 Å². The van der Waals surface area contributed by atoms with Gasteiger partial charge in [-0.3, -0.25) is 9.59 Å². The van der Waals surface area contributed by atoms with E-state index < -0.39 is 36.1 Å². The Balaban J connectivity index is 1.56. The molecule has 1 saturated heterocycles. The van der Waals surface area contributed by atoms with Crippen LogP contribution in [0.4, 0.5) is 0 Å². The fourth-order valence-electron chi connectivity index (χ4n) is 8.03. The average Bonchev–Trinajstić information content (AvgIpc) is 3.20. The monoisotopic (exact) mass is 430 g/mol. The summed E-state index contributed by atoms with van der Waals surface area (Å²) in [4.78, 5) is 25.2. The minimum absolute atomic E-state index is 0.0125. The van der Waals surface area contributed by atoms with E-state index >= 15 is 0 Å². The molecule has 1 heterocycles. The Kier molecular flexibility index (Phi) is 4.91. The molecule has 31 heavy (non-hydrogen) atoms. The molecule has 0 radical (unpaired) electrons. The van der Waals surface area contributed by atoms with Gasteiger partial charge in [0.15, 0.2) is 23.5 Å². The quantitative estimate of drug-likeness (QED) is 0.666. The van der Waals surface area contributed by atoms with Crippen LogP contribution >= 0.6 is 0 Å². The van der Waals surface area contributed by atoms with E-state index in [9.17, 15) is 19.8 Å². The molecular formula is C25H34O6. The Bertz CT molecular complexity index is 862. The van der Waals surface area contributed by atoms with Crippen molar-refractivity contribution in [1.29, 1.82) is 0 Å². The molecule has 0 amide bonds. The van der Waals surface area contributed by atoms with Crippen LogP contribution in [-0.4, -0.2) is 52.5 Å². The topological polar surface area (TPSA) is 93.1 Å². The molecule has 2 saturated carbocycles. The number of ketones is 2. The molecule has 9 atom stereocenters. The van der Waals surface area contributed by atoms with E-state index in [4.69, 9.17) is 9.47 Å². The van der Waals surface area contributed by atoms with Gasteiger partial charge in [-0.15, -0.1) is 0 Å². The molecule has 0 aromatic heterocycles. The molecule has 2 N–H and O–H groups in total. The maximum absolute atomic E-state index is 13.2. The number of hydrogen-bond acceptors (Lipinski definition) is 6. The highest BCUT2D eigenvalue weighted by Gasteiger charge is 2.75. The number of aliphatic hydroxyl groups is 2. The Morgan fingerprint density at radius 3 is 2.81 bits per heavy atom. The van der Waals surface area contributed by atoms with Gasteiger partial charge in [0.05, 0.1) is 12.2 Å². The highest BCUT2D eigenvalue weighted by atomic mass is 16.7. The second-order valence-electron chi connectivity index (χ2n) is 10.7. The Morgan fingerprint density at radius 1 is 1.32 bits per heavy atom. The van der Waals surface area contributed by atoms with Gasteiger partial charge in [-0.25, -0.2) is 0 Å². The number of allylic oxidation sites excluding steroid dienone is 4. The lowest BCUT2D eigenvalue weighted by molar-refractivity contribution is -0.198. The van der Waals surface area contributed by atoms with Gasteiger partial charge in [0.25, 0.3) is 0 Å². The molecule has 0 aromatic rings. The zero-order chi connectivity index (χ0) is 22.2. The first kappa shape index (κ1) is 21.5. The van der Waals surface area contributed by atoms with E-state index in [2.05, 4.69) is 26.8 Å². The van der Waals surface area contributed by atoms with Gasteiger partial charge in [-0.05, 0) is 43.6 Å². The summed E-state index contributed by atoms with van der Waals surface area (Å²) >= 11 is 0. The SMILES string of the molecule is CCC[C@@H]1O[C@@H]2C[C@H]3[C@@H]4CC=C5CC(=O)C=C[C@]5(C)[C@H]4[C@@H](O)C[C@]3(C)[C@]2(C(=O)CO)O1. The molecule has 5 aliphatic rings. The van der Waals surface area contributed by atoms with Crippen LogP contribution in [0.25, 0.3) is 0 Å². The predicted molar refractivity (Wildman–Crippen MR) is 113 cm³/mol. The number of aliphatic hydroxyl groups excluding tert-OH is 2. The zero-order valence-corrected chi connectivity index (χ0v) is 18.7. The lowest BCUT2D eigenvalue weighted by Gasteiger charge is -2.59. The molecule has 0 unspecified atom stereocenters. The Hall–Kier alpha value is -1.34. The first-order chi connectivity index (χ1) is 14.7. The van der Waals surface area contributed by atoms with Crippen molar-refractivity contribution in [3.8, 4) is 0 Å². The second kappa shape index (κ2) is 7.08. The largest absolute Gasteiger partial charge is 0.393 e. The van der Waals surface area contributed by atoms with E-state index in [1.165, 1.54) is 0 Å².